The molecule has 0 aromatic carbocycles. The molecule has 3 rings (SSSR count). The lowest BCUT2D eigenvalue weighted by Gasteiger charge is -2.38. The number of aromatic nitrogens is 2. The highest BCUT2D eigenvalue weighted by Crippen LogP contribution is 2.33. The smallest absolute Gasteiger partial charge is 0.217 e. The summed E-state index contributed by atoms with van der Waals surface area (Å²) in [5, 5.41) is -0.149. The summed E-state index contributed by atoms with van der Waals surface area (Å²) in [6.45, 7) is 7.90. The van der Waals surface area contributed by atoms with Gasteiger partial charge in [0.25, 0.3) is 0 Å². The number of rotatable bonds is 4. The van der Waals surface area contributed by atoms with E-state index in [4.69, 9.17) is 4.98 Å². The van der Waals surface area contributed by atoms with Gasteiger partial charge in [0, 0.05) is 37.8 Å². The van der Waals surface area contributed by atoms with Gasteiger partial charge in [0.15, 0.2) is 0 Å². The van der Waals surface area contributed by atoms with Gasteiger partial charge in [-0.25, -0.2) is 18.4 Å². The second kappa shape index (κ2) is 6.26. The van der Waals surface area contributed by atoms with Gasteiger partial charge in [0.2, 0.25) is 10.0 Å². The van der Waals surface area contributed by atoms with Gasteiger partial charge in [0.05, 0.1) is 5.25 Å². The SMILES string of the molecule is CN(C1CCCN(c2ccnc(C(C)(C)C)n2)C1)S(=O)(=O)C1CC1. The fraction of sp³-hybridized carbons (Fsp3) is 0.765. The standard InChI is InChI=1S/C17H28N4O2S/c1-17(2,3)16-18-10-9-15(19-16)21-11-5-6-13(12-21)20(4)24(22,23)14-7-8-14/h9-10,13-14H,5-8,11-12H2,1-4H3. The number of anilines is 1. The molecule has 1 aliphatic carbocycles. The zero-order chi connectivity index (χ0) is 17.5. The first-order chi connectivity index (χ1) is 11.2. The second-order valence-electron chi connectivity index (χ2n) is 7.99. The van der Waals surface area contributed by atoms with Crippen LogP contribution in [0, 0.1) is 0 Å². The lowest BCUT2D eigenvalue weighted by atomic mass is 9.96. The van der Waals surface area contributed by atoms with Crippen LogP contribution in [-0.2, 0) is 15.4 Å². The van der Waals surface area contributed by atoms with Gasteiger partial charge in [-0.2, -0.15) is 4.31 Å². The first kappa shape index (κ1) is 17.6. The Morgan fingerprint density at radius 1 is 1.25 bits per heavy atom. The van der Waals surface area contributed by atoms with Crippen LogP contribution < -0.4 is 4.90 Å². The average Bonchev–Trinajstić information content (AvgIpc) is 3.39. The van der Waals surface area contributed by atoms with Gasteiger partial charge in [-0.3, -0.25) is 0 Å². The van der Waals surface area contributed by atoms with Gasteiger partial charge >= 0.3 is 0 Å². The molecule has 6 nitrogen and oxygen atoms in total. The minimum Gasteiger partial charge on any atom is -0.355 e. The minimum absolute atomic E-state index is 0.0254. The maximum absolute atomic E-state index is 12.5. The number of hydrogen-bond acceptors (Lipinski definition) is 5. The highest BCUT2D eigenvalue weighted by molar-refractivity contribution is 7.90. The molecule has 1 atom stereocenters. The summed E-state index contributed by atoms with van der Waals surface area (Å²) in [6.07, 6.45) is 5.31. The molecule has 0 bridgehead atoms. The Morgan fingerprint density at radius 2 is 1.96 bits per heavy atom. The Labute approximate surface area is 145 Å². The van der Waals surface area contributed by atoms with E-state index < -0.39 is 10.0 Å². The number of sulfonamides is 1. The Kier molecular flexibility index (Phi) is 4.59. The van der Waals surface area contributed by atoms with Crippen molar-refractivity contribution in [2.45, 2.75) is 63.2 Å². The summed E-state index contributed by atoms with van der Waals surface area (Å²) in [5.74, 6) is 1.72. The van der Waals surface area contributed by atoms with E-state index in [0.29, 0.717) is 6.54 Å². The molecule has 1 aromatic heterocycles. The van der Waals surface area contributed by atoms with Crippen LogP contribution in [0.25, 0.3) is 0 Å². The van der Waals surface area contributed by atoms with Crippen LogP contribution in [0.2, 0.25) is 0 Å². The van der Waals surface area contributed by atoms with E-state index in [-0.39, 0.29) is 16.7 Å². The molecule has 1 aromatic rings. The number of likely N-dealkylation sites (N-methyl/N-ethyl adjacent to an activating group) is 1. The number of hydrogen-bond donors (Lipinski definition) is 0. The molecule has 1 aliphatic heterocycles. The molecule has 24 heavy (non-hydrogen) atoms. The van der Waals surface area contributed by atoms with Crippen molar-refractivity contribution in [3.63, 3.8) is 0 Å². The number of piperidine rings is 1. The molecule has 134 valence electrons. The van der Waals surface area contributed by atoms with Crippen molar-refractivity contribution in [3.05, 3.63) is 18.1 Å². The molecule has 2 aliphatic rings. The first-order valence-corrected chi connectivity index (χ1v) is 10.3. The van der Waals surface area contributed by atoms with Crippen molar-refractivity contribution in [1.82, 2.24) is 14.3 Å². The monoisotopic (exact) mass is 352 g/mol. The molecule has 7 heteroatoms. The predicted molar refractivity (Wildman–Crippen MR) is 95.7 cm³/mol. The Balaban J connectivity index is 1.76. The van der Waals surface area contributed by atoms with Gasteiger partial charge in [-0.15, -0.1) is 0 Å². The van der Waals surface area contributed by atoms with Crippen LogP contribution in [0.4, 0.5) is 5.82 Å². The highest BCUT2D eigenvalue weighted by Gasteiger charge is 2.41. The molecule has 0 radical (unpaired) electrons. The molecular formula is C17H28N4O2S. The summed E-state index contributed by atoms with van der Waals surface area (Å²) >= 11 is 0. The zero-order valence-electron chi connectivity index (χ0n) is 15.1. The molecule has 2 heterocycles. The Hall–Kier alpha value is -1.21. The third kappa shape index (κ3) is 3.57. The lowest BCUT2D eigenvalue weighted by Crippen LogP contribution is -2.49. The summed E-state index contributed by atoms with van der Waals surface area (Å²) < 4.78 is 26.6. The van der Waals surface area contributed by atoms with Crippen molar-refractivity contribution in [2.24, 2.45) is 0 Å². The molecular weight excluding hydrogens is 324 g/mol. The van der Waals surface area contributed by atoms with Crippen LogP contribution in [-0.4, -0.2) is 54.1 Å². The first-order valence-electron chi connectivity index (χ1n) is 8.75. The van der Waals surface area contributed by atoms with E-state index in [9.17, 15) is 8.42 Å². The second-order valence-corrected chi connectivity index (χ2v) is 10.3. The molecule has 2 fully saturated rings. The minimum atomic E-state index is -3.13. The van der Waals surface area contributed by atoms with Crippen LogP contribution in [0.1, 0.15) is 52.3 Å². The topological polar surface area (TPSA) is 66.4 Å². The van der Waals surface area contributed by atoms with Gasteiger partial charge in [-0.1, -0.05) is 20.8 Å². The molecule has 0 N–H and O–H groups in total. The molecule has 1 saturated heterocycles. The van der Waals surface area contributed by atoms with Gasteiger partial charge < -0.3 is 4.90 Å². The molecule has 0 spiro atoms. The van der Waals surface area contributed by atoms with Crippen LogP contribution in [0.3, 0.4) is 0 Å². The molecule has 0 amide bonds. The highest BCUT2D eigenvalue weighted by atomic mass is 32.2. The van der Waals surface area contributed by atoms with Crippen molar-refractivity contribution >= 4 is 15.8 Å². The van der Waals surface area contributed by atoms with Crippen LogP contribution in [0.5, 0.6) is 0 Å². The van der Waals surface area contributed by atoms with Crippen molar-refractivity contribution < 1.29 is 8.42 Å². The largest absolute Gasteiger partial charge is 0.355 e. The van der Waals surface area contributed by atoms with Crippen LogP contribution >= 0.6 is 0 Å². The fourth-order valence-electron chi connectivity index (χ4n) is 3.16. The van der Waals surface area contributed by atoms with Crippen molar-refractivity contribution in [3.8, 4) is 0 Å². The summed E-state index contributed by atoms with van der Waals surface area (Å²) in [4.78, 5) is 11.3. The van der Waals surface area contributed by atoms with Gasteiger partial charge in [0.1, 0.15) is 11.6 Å². The third-order valence-electron chi connectivity index (χ3n) is 4.89. The summed E-state index contributed by atoms with van der Waals surface area (Å²) in [5.41, 5.74) is -0.0999. The fourth-order valence-corrected chi connectivity index (χ4v) is 4.94. The van der Waals surface area contributed by atoms with E-state index in [1.807, 2.05) is 6.07 Å². The normalized spacial score (nSPS) is 22.9. The lowest BCUT2D eigenvalue weighted by molar-refractivity contribution is 0.319. The third-order valence-corrected chi connectivity index (χ3v) is 7.31. The molecule has 1 saturated carbocycles. The van der Waals surface area contributed by atoms with Gasteiger partial charge in [-0.05, 0) is 31.7 Å². The van der Waals surface area contributed by atoms with E-state index in [1.165, 1.54) is 0 Å². The maximum Gasteiger partial charge on any atom is 0.217 e. The average molecular weight is 353 g/mol. The maximum atomic E-state index is 12.5. The summed E-state index contributed by atoms with van der Waals surface area (Å²) in [6, 6.07) is 1.95. The van der Waals surface area contributed by atoms with Crippen molar-refractivity contribution in [1.29, 1.82) is 0 Å². The van der Waals surface area contributed by atoms with Crippen molar-refractivity contribution in [2.75, 3.05) is 25.0 Å². The van der Waals surface area contributed by atoms with E-state index in [0.717, 1.165) is 43.9 Å². The van der Waals surface area contributed by atoms with E-state index in [2.05, 4.69) is 30.7 Å². The number of nitrogens with zero attached hydrogens (tertiary/aromatic N) is 4. The predicted octanol–water partition coefficient (Wildman–Crippen LogP) is 2.17. The van der Waals surface area contributed by atoms with E-state index >= 15 is 0 Å². The Bertz CT molecular complexity index is 695. The molecule has 1 unspecified atom stereocenters. The Morgan fingerprint density at radius 3 is 2.58 bits per heavy atom. The van der Waals surface area contributed by atoms with Crippen LogP contribution in [0.15, 0.2) is 12.3 Å². The summed E-state index contributed by atoms with van der Waals surface area (Å²) in [7, 11) is -1.39. The quantitative estimate of drug-likeness (QED) is 0.831. The zero-order valence-corrected chi connectivity index (χ0v) is 15.9. The van der Waals surface area contributed by atoms with E-state index in [1.54, 1.807) is 17.5 Å².